The lowest BCUT2D eigenvalue weighted by Gasteiger charge is -2.35. The molecule has 0 aromatic heterocycles. The summed E-state index contributed by atoms with van der Waals surface area (Å²) in [4.78, 5) is 39.6. The van der Waals surface area contributed by atoms with Crippen molar-refractivity contribution in [2.45, 2.75) is 64.8 Å². The van der Waals surface area contributed by atoms with Crippen LogP contribution < -0.4 is 10.6 Å². The molecule has 2 unspecified atom stereocenters. The minimum Gasteiger partial charge on any atom is -0.508 e. The molecular formula is C22H35N3O7. The fraction of sp³-hybridized carbons (Fsp3) is 0.591. The van der Waals surface area contributed by atoms with Crippen molar-refractivity contribution in [3.8, 4) is 5.75 Å². The first-order valence-electron chi connectivity index (χ1n) is 10.3. The predicted octanol–water partition coefficient (Wildman–Crippen LogP) is 1.05. The van der Waals surface area contributed by atoms with Gasteiger partial charge in [-0.05, 0) is 59.2 Å². The van der Waals surface area contributed by atoms with E-state index in [1.54, 1.807) is 47.6 Å². The number of carbonyl (C=O) groups excluding carboxylic acids is 3. The number of phenols is 1. The zero-order chi connectivity index (χ0) is 24.7. The Morgan fingerprint density at radius 2 is 1.72 bits per heavy atom. The standard InChI is InChI=1S/C22H35N3O7/c1-21(2,3)24-18(29)17(14-8-7-9-15(28)12-14)25(10-11-26)19(30)16(13-27)23-20(31)32-22(4,5)6/h7-9,12,16-17,26-28H,10-11,13H2,1-6H3,(H,23,31)(H,24,29). The van der Waals surface area contributed by atoms with Crippen LogP contribution in [0.5, 0.6) is 5.75 Å². The summed E-state index contributed by atoms with van der Waals surface area (Å²) in [6.45, 7) is 8.75. The van der Waals surface area contributed by atoms with Gasteiger partial charge < -0.3 is 35.6 Å². The third-order valence-corrected chi connectivity index (χ3v) is 4.04. The molecule has 0 aliphatic heterocycles. The summed E-state index contributed by atoms with van der Waals surface area (Å²) < 4.78 is 5.14. The Kier molecular flexibility index (Phi) is 9.47. The van der Waals surface area contributed by atoms with Crippen molar-refractivity contribution in [1.82, 2.24) is 15.5 Å². The maximum absolute atomic E-state index is 13.3. The number of hydrogen-bond donors (Lipinski definition) is 5. The second kappa shape index (κ2) is 11.1. The molecule has 0 saturated heterocycles. The number of aliphatic hydroxyl groups is 2. The average Bonchev–Trinajstić information content (AvgIpc) is 2.62. The predicted molar refractivity (Wildman–Crippen MR) is 118 cm³/mol. The number of carbonyl (C=O) groups is 3. The smallest absolute Gasteiger partial charge is 0.408 e. The minimum atomic E-state index is -1.42. The molecule has 2 atom stereocenters. The lowest BCUT2D eigenvalue weighted by Crippen LogP contribution is -2.56. The van der Waals surface area contributed by atoms with E-state index in [1.807, 2.05) is 0 Å². The second-order valence-corrected chi connectivity index (χ2v) is 9.37. The molecule has 3 amide bonds. The molecule has 1 aromatic carbocycles. The van der Waals surface area contributed by atoms with Gasteiger partial charge in [-0.15, -0.1) is 0 Å². The number of nitrogens with zero attached hydrogens (tertiary/aromatic N) is 1. The highest BCUT2D eigenvalue weighted by atomic mass is 16.6. The van der Waals surface area contributed by atoms with Crippen LogP contribution in [-0.4, -0.2) is 75.1 Å². The number of aliphatic hydroxyl groups excluding tert-OH is 2. The van der Waals surface area contributed by atoms with Crippen molar-refractivity contribution < 1.29 is 34.4 Å². The normalized spacial score (nSPS) is 13.6. The molecule has 0 radical (unpaired) electrons. The van der Waals surface area contributed by atoms with Crippen LogP contribution in [0.15, 0.2) is 24.3 Å². The zero-order valence-electron chi connectivity index (χ0n) is 19.5. The number of amides is 3. The van der Waals surface area contributed by atoms with E-state index in [4.69, 9.17) is 4.74 Å². The Balaban J connectivity index is 3.34. The van der Waals surface area contributed by atoms with Gasteiger partial charge in [-0.3, -0.25) is 9.59 Å². The number of benzene rings is 1. The Hall–Kier alpha value is -2.85. The van der Waals surface area contributed by atoms with Crippen LogP contribution in [0, 0.1) is 0 Å². The van der Waals surface area contributed by atoms with E-state index < -0.39 is 54.3 Å². The molecule has 0 fully saturated rings. The first-order chi connectivity index (χ1) is 14.7. The van der Waals surface area contributed by atoms with Crippen molar-refractivity contribution in [1.29, 1.82) is 0 Å². The summed E-state index contributed by atoms with van der Waals surface area (Å²) in [6, 6.07) is 3.17. The summed E-state index contributed by atoms with van der Waals surface area (Å²) in [5.41, 5.74) is -1.16. The lowest BCUT2D eigenvalue weighted by molar-refractivity contribution is -0.144. The van der Waals surface area contributed by atoms with E-state index in [2.05, 4.69) is 10.6 Å². The van der Waals surface area contributed by atoms with Crippen molar-refractivity contribution in [3.05, 3.63) is 29.8 Å². The highest BCUT2D eigenvalue weighted by Crippen LogP contribution is 2.26. The molecule has 180 valence electrons. The molecule has 0 saturated carbocycles. The highest BCUT2D eigenvalue weighted by molar-refractivity contribution is 5.92. The molecule has 32 heavy (non-hydrogen) atoms. The number of rotatable bonds is 8. The number of alkyl carbamates (subject to hydrolysis) is 1. The van der Waals surface area contributed by atoms with Crippen LogP contribution >= 0.6 is 0 Å². The van der Waals surface area contributed by atoms with Crippen LogP contribution in [0.3, 0.4) is 0 Å². The van der Waals surface area contributed by atoms with Crippen molar-refractivity contribution in [3.63, 3.8) is 0 Å². The van der Waals surface area contributed by atoms with E-state index in [0.717, 1.165) is 4.90 Å². The second-order valence-electron chi connectivity index (χ2n) is 9.37. The summed E-state index contributed by atoms with van der Waals surface area (Å²) >= 11 is 0. The highest BCUT2D eigenvalue weighted by Gasteiger charge is 2.37. The third kappa shape index (κ3) is 8.72. The fourth-order valence-electron chi connectivity index (χ4n) is 2.92. The van der Waals surface area contributed by atoms with Gasteiger partial charge >= 0.3 is 6.09 Å². The van der Waals surface area contributed by atoms with Crippen molar-refractivity contribution in [2.75, 3.05) is 19.8 Å². The van der Waals surface area contributed by atoms with Gasteiger partial charge in [0.2, 0.25) is 11.8 Å². The maximum atomic E-state index is 13.3. The van der Waals surface area contributed by atoms with E-state index in [-0.39, 0.29) is 12.3 Å². The zero-order valence-corrected chi connectivity index (χ0v) is 19.5. The Labute approximate surface area is 188 Å². The van der Waals surface area contributed by atoms with Crippen LogP contribution in [-0.2, 0) is 14.3 Å². The lowest BCUT2D eigenvalue weighted by atomic mass is 10.0. The molecule has 10 heteroatoms. The molecule has 1 rings (SSSR count). The Bertz CT molecular complexity index is 799. The molecule has 10 nitrogen and oxygen atoms in total. The molecule has 0 heterocycles. The third-order valence-electron chi connectivity index (χ3n) is 4.04. The molecule has 5 N–H and O–H groups in total. The Morgan fingerprint density at radius 1 is 1.09 bits per heavy atom. The van der Waals surface area contributed by atoms with Gasteiger partial charge in [-0.1, -0.05) is 12.1 Å². The number of phenolic OH excluding ortho intramolecular Hbond substituents is 1. The van der Waals surface area contributed by atoms with Gasteiger partial charge in [0, 0.05) is 12.1 Å². The Morgan fingerprint density at radius 3 is 2.19 bits per heavy atom. The molecule has 0 bridgehead atoms. The van der Waals surface area contributed by atoms with Gasteiger partial charge in [0.1, 0.15) is 23.4 Å². The summed E-state index contributed by atoms with van der Waals surface area (Å²) in [5.74, 6) is -1.47. The van der Waals surface area contributed by atoms with Crippen LogP contribution in [0.2, 0.25) is 0 Å². The first kappa shape index (κ1) is 27.2. The fourth-order valence-corrected chi connectivity index (χ4v) is 2.92. The largest absolute Gasteiger partial charge is 0.508 e. The quantitative estimate of drug-likeness (QED) is 0.395. The number of ether oxygens (including phenoxy) is 1. The molecule has 0 aliphatic carbocycles. The van der Waals surface area contributed by atoms with E-state index in [0.29, 0.717) is 5.56 Å². The average molecular weight is 454 g/mol. The number of hydrogen-bond acceptors (Lipinski definition) is 7. The maximum Gasteiger partial charge on any atom is 0.408 e. The number of nitrogens with one attached hydrogen (secondary N) is 2. The van der Waals surface area contributed by atoms with Gasteiger partial charge in [0.15, 0.2) is 0 Å². The van der Waals surface area contributed by atoms with Crippen LogP contribution in [0.4, 0.5) is 4.79 Å². The molecule has 0 spiro atoms. The summed E-state index contributed by atoms with van der Waals surface area (Å²) in [5, 5.41) is 34.4. The van der Waals surface area contributed by atoms with E-state index >= 15 is 0 Å². The van der Waals surface area contributed by atoms with Gasteiger partial charge in [0.25, 0.3) is 0 Å². The van der Waals surface area contributed by atoms with E-state index in [1.165, 1.54) is 18.2 Å². The molecular weight excluding hydrogens is 418 g/mol. The van der Waals surface area contributed by atoms with Gasteiger partial charge in [-0.2, -0.15) is 0 Å². The van der Waals surface area contributed by atoms with Crippen LogP contribution in [0.25, 0.3) is 0 Å². The number of aromatic hydroxyl groups is 1. The van der Waals surface area contributed by atoms with Crippen molar-refractivity contribution in [2.24, 2.45) is 0 Å². The summed E-state index contributed by atoms with van der Waals surface area (Å²) in [6.07, 6.45) is -0.915. The minimum absolute atomic E-state index is 0.113. The summed E-state index contributed by atoms with van der Waals surface area (Å²) in [7, 11) is 0. The first-order valence-corrected chi connectivity index (χ1v) is 10.3. The SMILES string of the molecule is CC(C)(C)NC(=O)C(c1cccc(O)c1)N(CCO)C(=O)C(CO)NC(=O)OC(C)(C)C. The van der Waals surface area contributed by atoms with Crippen molar-refractivity contribution >= 4 is 17.9 Å². The van der Waals surface area contributed by atoms with E-state index in [9.17, 15) is 29.7 Å². The molecule has 0 aliphatic rings. The monoisotopic (exact) mass is 453 g/mol. The van der Waals surface area contributed by atoms with Gasteiger partial charge in [0.05, 0.1) is 13.2 Å². The van der Waals surface area contributed by atoms with Gasteiger partial charge in [-0.25, -0.2) is 4.79 Å². The topological polar surface area (TPSA) is 148 Å². The molecule has 1 aromatic rings. The van der Waals surface area contributed by atoms with Crippen LogP contribution in [0.1, 0.15) is 53.1 Å².